The van der Waals surface area contributed by atoms with Crippen molar-refractivity contribution in [1.82, 2.24) is 4.90 Å². The van der Waals surface area contributed by atoms with Crippen LogP contribution >= 0.6 is 0 Å². The van der Waals surface area contributed by atoms with E-state index in [1.807, 2.05) is 31.2 Å². The molecule has 0 saturated heterocycles. The zero-order valence-corrected chi connectivity index (χ0v) is 19.2. The van der Waals surface area contributed by atoms with Crippen LogP contribution in [0.5, 0.6) is 0 Å². The van der Waals surface area contributed by atoms with Gasteiger partial charge in [-0.25, -0.2) is 0 Å². The molecule has 0 saturated carbocycles. The van der Waals surface area contributed by atoms with Gasteiger partial charge >= 0.3 is 12.1 Å². The molecule has 1 heterocycles. The minimum atomic E-state index is -4.37. The second kappa shape index (κ2) is 9.26. The lowest BCUT2D eigenvalue weighted by Crippen LogP contribution is -2.28. The summed E-state index contributed by atoms with van der Waals surface area (Å²) in [6.07, 6.45) is -2.42. The molecule has 0 aromatic heterocycles. The van der Waals surface area contributed by atoms with Crippen molar-refractivity contribution < 1.29 is 23.1 Å². The van der Waals surface area contributed by atoms with Gasteiger partial charge in [0, 0.05) is 19.6 Å². The number of aryl methyl sites for hydroxylation is 1. The number of rotatable bonds is 6. The van der Waals surface area contributed by atoms with Crippen LogP contribution in [0.3, 0.4) is 0 Å². The summed E-state index contributed by atoms with van der Waals surface area (Å²) in [5.41, 5.74) is 2.78. The molecule has 6 heteroatoms. The molecule has 1 N–H and O–H groups in total. The van der Waals surface area contributed by atoms with Crippen LogP contribution in [0.2, 0.25) is 0 Å². The van der Waals surface area contributed by atoms with Crippen molar-refractivity contribution in [1.29, 1.82) is 0 Å². The third-order valence-corrected chi connectivity index (χ3v) is 6.60. The first-order chi connectivity index (χ1) is 14.9. The Hall–Kier alpha value is -2.34. The van der Waals surface area contributed by atoms with Gasteiger partial charge in [-0.3, -0.25) is 9.69 Å². The van der Waals surface area contributed by atoms with Gasteiger partial charge in [0.05, 0.1) is 11.0 Å². The number of nitrogens with zero attached hydrogens (tertiary/aromatic N) is 1. The van der Waals surface area contributed by atoms with Gasteiger partial charge in [0.1, 0.15) is 0 Å². The zero-order chi connectivity index (χ0) is 23.7. The molecule has 2 aromatic carbocycles. The van der Waals surface area contributed by atoms with Crippen LogP contribution < -0.4 is 0 Å². The fourth-order valence-electron chi connectivity index (χ4n) is 4.53. The molecule has 0 fully saturated rings. The normalized spacial score (nSPS) is 17.7. The van der Waals surface area contributed by atoms with Crippen molar-refractivity contribution in [2.75, 3.05) is 6.54 Å². The Morgan fingerprint density at radius 1 is 1.19 bits per heavy atom. The fourth-order valence-corrected chi connectivity index (χ4v) is 4.53. The monoisotopic (exact) mass is 447 g/mol. The number of hydrogen-bond donors (Lipinski definition) is 1. The van der Waals surface area contributed by atoms with Crippen molar-refractivity contribution >= 4 is 5.97 Å². The molecule has 0 aliphatic carbocycles. The Kier molecular flexibility index (Phi) is 7.03. The quantitative estimate of drug-likeness (QED) is 0.569. The van der Waals surface area contributed by atoms with Crippen molar-refractivity contribution in [3.8, 4) is 0 Å². The maximum absolute atomic E-state index is 13.7. The topological polar surface area (TPSA) is 40.5 Å². The van der Waals surface area contributed by atoms with E-state index in [0.29, 0.717) is 24.9 Å². The van der Waals surface area contributed by atoms with Gasteiger partial charge in [-0.05, 0) is 73.4 Å². The third-order valence-electron chi connectivity index (χ3n) is 6.60. The van der Waals surface area contributed by atoms with Crippen LogP contribution in [0.15, 0.2) is 36.4 Å². The van der Waals surface area contributed by atoms with Crippen molar-refractivity contribution in [3.63, 3.8) is 0 Å². The third kappa shape index (κ3) is 5.52. The molecule has 0 bridgehead atoms. The summed E-state index contributed by atoms with van der Waals surface area (Å²) < 4.78 is 41.1. The number of benzene rings is 2. The minimum Gasteiger partial charge on any atom is -0.481 e. The minimum absolute atomic E-state index is 0.256. The van der Waals surface area contributed by atoms with E-state index in [1.54, 1.807) is 13.8 Å². The SMILES string of the molecule is CC[C@H]1Cc2cccc(C(F)(F)F)c2CN(Cc2cc(CC(C)(C)C(=O)O)ccc2C)C1. The van der Waals surface area contributed by atoms with Crippen LogP contribution in [0.4, 0.5) is 13.2 Å². The first kappa shape index (κ1) is 24.3. The van der Waals surface area contributed by atoms with Gasteiger partial charge in [-0.1, -0.05) is 43.7 Å². The average molecular weight is 448 g/mol. The largest absolute Gasteiger partial charge is 0.481 e. The highest BCUT2D eigenvalue weighted by Crippen LogP contribution is 2.37. The molecule has 1 atom stereocenters. The lowest BCUT2D eigenvalue weighted by Gasteiger charge is -2.26. The van der Waals surface area contributed by atoms with Gasteiger partial charge in [-0.2, -0.15) is 13.2 Å². The van der Waals surface area contributed by atoms with Gasteiger partial charge in [0.2, 0.25) is 0 Å². The summed E-state index contributed by atoms with van der Waals surface area (Å²) in [5, 5.41) is 9.46. The second-order valence-electron chi connectivity index (χ2n) is 9.72. The highest BCUT2D eigenvalue weighted by atomic mass is 19.4. The molecule has 1 aliphatic rings. The first-order valence-corrected chi connectivity index (χ1v) is 11.1. The molecule has 3 nitrogen and oxygen atoms in total. The molecule has 2 aromatic rings. The van der Waals surface area contributed by atoms with Crippen molar-refractivity contribution in [3.05, 3.63) is 69.8 Å². The van der Waals surface area contributed by atoms with Gasteiger partial charge in [0.15, 0.2) is 0 Å². The number of aliphatic carboxylic acids is 1. The molecular weight excluding hydrogens is 415 g/mol. The molecule has 0 radical (unpaired) electrons. The van der Waals surface area contributed by atoms with Crippen molar-refractivity contribution in [2.24, 2.45) is 11.3 Å². The molecule has 0 spiro atoms. The number of fused-ring (bicyclic) bond motifs is 1. The summed E-state index contributed by atoms with van der Waals surface area (Å²) in [6, 6.07) is 10.5. The fraction of sp³-hybridized carbons (Fsp3) is 0.500. The number of alkyl halides is 3. The summed E-state index contributed by atoms with van der Waals surface area (Å²) in [5.74, 6) is -0.566. The smallest absolute Gasteiger partial charge is 0.416 e. The summed E-state index contributed by atoms with van der Waals surface area (Å²) in [4.78, 5) is 13.6. The molecule has 0 unspecified atom stereocenters. The van der Waals surface area contributed by atoms with Crippen LogP contribution in [-0.2, 0) is 36.9 Å². The highest BCUT2D eigenvalue weighted by Gasteiger charge is 2.36. The Balaban J connectivity index is 1.92. The van der Waals surface area contributed by atoms with E-state index in [-0.39, 0.29) is 12.5 Å². The molecule has 0 amide bonds. The number of halogens is 3. The van der Waals surface area contributed by atoms with Crippen molar-refractivity contribution in [2.45, 2.75) is 66.2 Å². The lowest BCUT2D eigenvalue weighted by molar-refractivity contribution is -0.146. The average Bonchev–Trinajstić information content (AvgIpc) is 2.87. The number of hydrogen-bond acceptors (Lipinski definition) is 2. The maximum Gasteiger partial charge on any atom is 0.416 e. The van der Waals surface area contributed by atoms with E-state index < -0.39 is 23.1 Å². The van der Waals surface area contributed by atoms with E-state index >= 15 is 0 Å². The summed E-state index contributed by atoms with van der Waals surface area (Å²) >= 11 is 0. The Labute approximate surface area is 188 Å². The molecule has 1 aliphatic heterocycles. The van der Waals surface area contributed by atoms with E-state index in [4.69, 9.17) is 0 Å². The second-order valence-corrected chi connectivity index (χ2v) is 9.72. The van der Waals surface area contributed by atoms with Crippen LogP contribution in [0, 0.1) is 18.3 Å². The molecule has 174 valence electrons. The zero-order valence-electron chi connectivity index (χ0n) is 19.2. The molecule has 32 heavy (non-hydrogen) atoms. The lowest BCUT2D eigenvalue weighted by atomic mass is 9.85. The first-order valence-electron chi connectivity index (χ1n) is 11.1. The van der Waals surface area contributed by atoms with Gasteiger partial charge in [-0.15, -0.1) is 0 Å². The number of carbonyl (C=O) groups is 1. The molecule has 3 rings (SSSR count). The highest BCUT2D eigenvalue weighted by molar-refractivity contribution is 5.74. The summed E-state index contributed by atoms with van der Waals surface area (Å²) in [6.45, 7) is 9.00. The predicted molar refractivity (Wildman–Crippen MR) is 119 cm³/mol. The van der Waals surface area contributed by atoms with Crippen LogP contribution in [-0.4, -0.2) is 22.5 Å². The Morgan fingerprint density at radius 2 is 1.91 bits per heavy atom. The van der Waals surface area contributed by atoms with Crippen LogP contribution in [0.25, 0.3) is 0 Å². The number of carboxylic acids is 1. The Bertz CT molecular complexity index is 982. The Morgan fingerprint density at radius 3 is 2.53 bits per heavy atom. The van der Waals surface area contributed by atoms with Gasteiger partial charge < -0.3 is 5.11 Å². The molecular formula is C26H32F3NO2. The predicted octanol–water partition coefficient (Wildman–Crippen LogP) is 6.25. The summed E-state index contributed by atoms with van der Waals surface area (Å²) in [7, 11) is 0. The van der Waals surface area contributed by atoms with E-state index in [1.165, 1.54) is 12.1 Å². The van der Waals surface area contributed by atoms with Gasteiger partial charge in [0.25, 0.3) is 0 Å². The number of carboxylic acid groups (broad SMARTS) is 1. The standard InChI is InChI=1S/C26H32F3NO2/c1-5-18-11-20-7-6-8-23(26(27,28)29)22(20)16-30(14-18)15-21-12-19(10-9-17(21)2)13-25(3,4)24(31)32/h6-10,12,18H,5,11,13-16H2,1-4H3,(H,31,32)/t18-/m0/s1. The van der Waals surface area contributed by atoms with E-state index in [2.05, 4.69) is 11.8 Å². The van der Waals surface area contributed by atoms with Crippen LogP contribution in [0.1, 0.15) is 60.6 Å². The maximum atomic E-state index is 13.7. The van der Waals surface area contributed by atoms with E-state index in [9.17, 15) is 23.1 Å². The van der Waals surface area contributed by atoms with E-state index in [0.717, 1.165) is 35.2 Å².